The number of ether oxygens (including phenoxy) is 1. The molecule has 0 fully saturated rings. The number of nitriles is 1. The minimum absolute atomic E-state index is 0.103. The largest absolute Gasteiger partial charge is 0.488 e. The summed E-state index contributed by atoms with van der Waals surface area (Å²) in [7, 11) is 0. The van der Waals surface area contributed by atoms with E-state index in [0.717, 1.165) is 11.1 Å². The van der Waals surface area contributed by atoms with Gasteiger partial charge < -0.3 is 4.74 Å². The molecular weight excluding hydrogens is 338 g/mol. The number of benzene rings is 2. The highest BCUT2D eigenvalue weighted by Gasteiger charge is 2.09. The van der Waals surface area contributed by atoms with Crippen LogP contribution in [-0.4, -0.2) is 10.9 Å². The van der Waals surface area contributed by atoms with Gasteiger partial charge in [-0.3, -0.25) is 4.79 Å². The fourth-order valence-corrected chi connectivity index (χ4v) is 2.73. The van der Waals surface area contributed by atoms with Crippen molar-refractivity contribution in [2.45, 2.75) is 20.5 Å². The molecule has 0 aliphatic carbocycles. The van der Waals surface area contributed by atoms with Crippen molar-refractivity contribution >= 4 is 6.21 Å². The SMILES string of the molecule is Cc1cc(C)n(/N=C/c2ccccc2OCc2ccccc2)c(=O)c1C#N. The van der Waals surface area contributed by atoms with Crippen LogP contribution in [0.4, 0.5) is 0 Å². The first-order valence-electron chi connectivity index (χ1n) is 8.53. The Labute approximate surface area is 157 Å². The molecule has 0 bridgehead atoms. The van der Waals surface area contributed by atoms with Crippen LogP contribution in [0, 0.1) is 25.2 Å². The highest BCUT2D eigenvalue weighted by Crippen LogP contribution is 2.18. The Morgan fingerprint density at radius 3 is 2.56 bits per heavy atom. The first-order valence-corrected chi connectivity index (χ1v) is 8.53. The van der Waals surface area contributed by atoms with Crippen molar-refractivity contribution in [3.05, 3.63) is 99.0 Å². The molecule has 3 aromatic rings. The maximum absolute atomic E-state index is 12.5. The molecule has 1 heterocycles. The van der Waals surface area contributed by atoms with Gasteiger partial charge >= 0.3 is 0 Å². The molecule has 0 aliphatic rings. The van der Waals surface area contributed by atoms with Crippen LogP contribution >= 0.6 is 0 Å². The van der Waals surface area contributed by atoms with E-state index in [-0.39, 0.29) is 5.56 Å². The van der Waals surface area contributed by atoms with Gasteiger partial charge in [-0.1, -0.05) is 42.5 Å². The molecule has 27 heavy (non-hydrogen) atoms. The van der Waals surface area contributed by atoms with Crippen molar-refractivity contribution < 1.29 is 4.74 Å². The standard InChI is InChI=1S/C22H19N3O2/c1-16-12-17(2)25(22(26)20(16)13-23)24-14-19-10-6-7-11-21(19)27-15-18-8-4-3-5-9-18/h3-12,14H,15H2,1-2H3/b24-14+. The zero-order chi connectivity index (χ0) is 19.2. The molecule has 134 valence electrons. The highest BCUT2D eigenvalue weighted by atomic mass is 16.5. The molecule has 0 amide bonds. The van der Waals surface area contributed by atoms with E-state index in [1.807, 2.05) is 60.7 Å². The second-order valence-electron chi connectivity index (χ2n) is 6.13. The molecule has 0 radical (unpaired) electrons. The second kappa shape index (κ2) is 8.15. The van der Waals surface area contributed by atoms with Crippen molar-refractivity contribution in [1.29, 1.82) is 5.26 Å². The summed E-state index contributed by atoms with van der Waals surface area (Å²) in [5.74, 6) is 0.670. The lowest BCUT2D eigenvalue weighted by atomic mass is 10.1. The van der Waals surface area contributed by atoms with Gasteiger partial charge in [0.1, 0.15) is 24.0 Å². The smallest absolute Gasteiger partial charge is 0.289 e. The van der Waals surface area contributed by atoms with Crippen molar-refractivity contribution in [2.75, 3.05) is 0 Å². The van der Waals surface area contributed by atoms with E-state index in [0.29, 0.717) is 23.6 Å². The first-order chi connectivity index (χ1) is 13.1. The normalized spacial score (nSPS) is 10.7. The van der Waals surface area contributed by atoms with E-state index in [1.54, 1.807) is 26.1 Å². The average Bonchev–Trinajstić information content (AvgIpc) is 2.68. The van der Waals surface area contributed by atoms with E-state index < -0.39 is 5.56 Å². The molecule has 0 aliphatic heterocycles. The summed E-state index contributed by atoms with van der Waals surface area (Å²) < 4.78 is 7.14. The van der Waals surface area contributed by atoms with Gasteiger partial charge in [0.2, 0.25) is 0 Å². The van der Waals surface area contributed by atoms with Crippen LogP contribution in [-0.2, 0) is 6.61 Å². The van der Waals surface area contributed by atoms with E-state index in [9.17, 15) is 10.1 Å². The van der Waals surface area contributed by atoms with Crippen LogP contribution in [0.15, 0.2) is 70.6 Å². The fraction of sp³-hybridized carbons (Fsp3) is 0.136. The van der Waals surface area contributed by atoms with Crippen LogP contribution in [0.2, 0.25) is 0 Å². The van der Waals surface area contributed by atoms with E-state index in [1.165, 1.54) is 4.68 Å². The van der Waals surface area contributed by atoms with Gasteiger partial charge in [0.05, 0.1) is 6.21 Å². The molecule has 0 unspecified atom stereocenters. The van der Waals surface area contributed by atoms with E-state index in [4.69, 9.17) is 4.74 Å². The molecule has 5 nitrogen and oxygen atoms in total. The fourth-order valence-electron chi connectivity index (χ4n) is 2.73. The summed E-state index contributed by atoms with van der Waals surface area (Å²) in [6.45, 7) is 3.96. The van der Waals surface area contributed by atoms with Crippen LogP contribution in [0.25, 0.3) is 0 Å². The maximum Gasteiger partial charge on any atom is 0.289 e. The van der Waals surface area contributed by atoms with Gasteiger partial charge in [0.15, 0.2) is 0 Å². The first kappa shape index (κ1) is 18.2. The van der Waals surface area contributed by atoms with Gasteiger partial charge in [-0.25, -0.2) is 4.68 Å². The quantitative estimate of drug-likeness (QED) is 0.652. The van der Waals surface area contributed by atoms with Crippen molar-refractivity contribution in [2.24, 2.45) is 5.10 Å². The number of aryl methyl sites for hydroxylation is 2. The van der Waals surface area contributed by atoms with Crippen LogP contribution in [0.3, 0.4) is 0 Å². The van der Waals surface area contributed by atoms with Gasteiger partial charge in [-0.2, -0.15) is 10.4 Å². The number of aromatic nitrogens is 1. The Balaban J connectivity index is 1.89. The number of nitrogens with zero attached hydrogens (tertiary/aromatic N) is 3. The summed E-state index contributed by atoms with van der Waals surface area (Å²) in [6, 6.07) is 21.1. The van der Waals surface area contributed by atoms with Gasteiger partial charge in [-0.05, 0) is 43.2 Å². The average molecular weight is 357 g/mol. The van der Waals surface area contributed by atoms with E-state index >= 15 is 0 Å². The van der Waals surface area contributed by atoms with Crippen molar-refractivity contribution in [3.8, 4) is 11.8 Å². The lowest BCUT2D eigenvalue weighted by molar-refractivity contribution is 0.306. The zero-order valence-electron chi connectivity index (χ0n) is 15.2. The predicted octanol–water partition coefficient (Wildman–Crippen LogP) is 3.80. The van der Waals surface area contributed by atoms with Crippen LogP contribution in [0.5, 0.6) is 5.75 Å². The minimum Gasteiger partial charge on any atom is -0.488 e. The third kappa shape index (κ3) is 4.13. The summed E-state index contributed by atoms with van der Waals surface area (Å²) >= 11 is 0. The third-order valence-corrected chi connectivity index (χ3v) is 4.14. The molecule has 5 heteroatoms. The topological polar surface area (TPSA) is 67.4 Å². The van der Waals surface area contributed by atoms with Crippen molar-refractivity contribution in [1.82, 2.24) is 4.68 Å². The molecule has 2 aromatic carbocycles. The van der Waals surface area contributed by atoms with Crippen molar-refractivity contribution in [3.63, 3.8) is 0 Å². The zero-order valence-corrected chi connectivity index (χ0v) is 15.2. The molecular formula is C22H19N3O2. The predicted molar refractivity (Wildman–Crippen MR) is 105 cm³/mol. The number of hydrogen-bond acceptors (Lipinski definition) is 4. The molecule has 0 spiro atoms. The molecule has 0 atom stereocenters. The Morgan fingerprint density at radius 1 is 1.11 bits per heavy atom. The molecule has 0 N–H and O–H groups in total. The highest BCUT2D eigenvalue weighted by molar-refractivity contribution is 5.83. The maximum atomic E-state index is 12.5. The minimum atomic E-state index is -0.422. The molecule has 3 rings (SSSR count). The lowest BCUT2D eigenvalue weighted by Crippen LogP contribution is -2.22. The number of para-hydroxylation sites is 1. The Hall–Kier alpha value is -3.65. The molecule has 1 aromatic heterocycles. The van der Waals surface area contributed by atoms with Crippen LogP contribution < -0.4 is 10.3 Å². The van der Waals surface area contributed by atoms with Crippen LogP contribution in [0.1, 0.15) is 27.9 Å². The van der Waals surface area contributed by atoms with Gasteiger partial charge in [0.25, 0.3) is 5.56 Å². The Bertz CT molecular complexity index is 1080. The summed E-state index contributed by atoms with van der Waals surface area (Å²) in [5, 5.41) is 13.5. The van der Waals surface area contributed by atoms with Gasteiger partial charge in [-0.15, -0.1) is 0 Å². The Morgan fingerprint density at radius 2 is 1.81 bits per heavy atom. The lowest BCUT2D eigenvalue weighted by Gasteiger charge is -2.10. The molecule has 0 saturated carbocycles. The van der Waals surface area contributed by atoms with E-state index in [2.05, 4.69) is 5.10 Å². The molecule has 0 saturated heterocycles. The number of rotatable bonds is 5. The summed E-state index contributed by atoms with van der Waals surface area (Å²) in [6.07, 6.45) is 1.57. The van der Waals surface area contributed by atoms with Gasteiger partial charge in [0, 0.05) is 11.3 Å². The Kier molecular flexibility index (Phi) is 5.48. The third-order valence-electron chi connectivity index (χ3n) is 4.14. The summed E-state index contributed by atoms with van der Waals surface area (Å²) in [5.41, 5.74) is 2.81. The second-order valence-corrected chi connectivity index (χ2v) is 6.13. The number of pyridine rings is 1. The summed E-state index contributed by atoms with van der Waals surface area (Å²) in [4.78, 5) is 12.5. The number of hydrogen-bond donors (Lipinski definition) is 0. The monoisotopic (exact) mass is 357 g/mol.